The second kappa shape index (κ2) is 10.3. The molecule has 1 aliphatic heterocycles. The molecule has 2 aromatic carbocycles. The van der Waals surface area contributed by atoms with Crippen molar-refractivity contribution in [3.8, 4) is 0 Å². The van der Waals surface area contributed by atoms with Gasteiger partial charge in [0.2, 0.25) is 0 Å². The first kappa shape index (κ1) is 21.2. The lowest BCUT2D eigenvalue weighted by atomic mass is 10.2. The Morgan fingerprint density at radius 2 is 1.71 bits per heavy atom. The molecule has 164 valence electrons. The number of carbonyl (C=O) groups excluding carboxylic acids is 2. The number of rotatable bonds is 8. The van der Waals surface area contributed by atoms with Crippen molar-refractivity contribution in [2.75, 3.05) is 49.5 Å². The number of amides is 3. The van der Waals surface area contributed by atoms with Crippen molar-refractivity contribution in [2.24, 2.45) is 0 Å². The van der Waals surface area contributed by atoms with Crippen LogP contribution < -0.4 is 20.9 Å². The smallest absolute Gasteiger partial charge is 0.319 e. The highest BCUT2D eigenvalue weighted by Crippen LogP contribution is 2.19. The number of hydrogen-bond acceptors (Lipinski definition) is 4. The molecule has 1 aliphatic carbocycles. The fourth-order valence-corrected chi connectivity index (χ4v) is 3.79. The van der Waals surface area contributed by atoms with Gasteiger partial charge in [0, 0.05) is 55.7 Å². The molecule has 1 heterocycles. The van der Waals surface area contributed by atoms with Crippen molar-refractivity contribution in [2.45, 2.75) is 25.3 Å². The molecular formula is C24H31N5O2. The standard InChI is InChI=1S/C24H31N5O2/c30-23(19-6-4-7-21(18-19)27-24(31)26-20-10-11-20)25-12-5-13-28-14-16-29(17-15-28)22-8-2-1-3-9-22/h1-4,6-9,18,20H,5,10-17H2,(H,25,30)(H2,26,27,31). The Morgan fingerprint density at radius 3 is 2.45 bits per heavy atom. The molecule has 7 nitrogen and oxygen atoms in total. The maximum absolute atomic E-state index is 12.5. The molecular weight excluding hydrogens is 390 g/mol. The van der Waals surface area contributed by atoms with Crippen LogP contribution in [0.1, 0.15) is 29.6 Å². The fourth-order valence-electron chi connectivity index (χ4n) is 3.79. The number of urea groups is 1. The second-order valence-electron chi connectivity index (χ2n) is 8.23. The van der Waals surface area contributed by atoms with E-state index in [1.165, 1.54) is 5.69 Å². The lowest BCUT2D eigenvalue weighted by Crippen LogP contribution is -2.47. The monoisotopic (exact) mass is 421 g/mol. The summed E-state index contributed by atoms with van der Waals surface area (Å²) in [6.07, 6.45) is 3.00. The average Bonchev–Trinajstić information content (AvgIpc) is 3.61. The maximum atomic E-state index is 12.5. The quantitative estimate of drug-likeness (QED) is 0.573. The molecule has 1 saturated carbocycles. The highest BCUT2D eigenvalue weighted by atomic mass is 16.2. The summed E-state index contributed by atoms with van der Waals surface area (Å²) >= 11 is 0. The van der Waals surface area contributed by atoms with E-state index in [1.807, 2.05) is 6.07 Å². The summed E-state index contributed by atoms with van der Waals surface area (Å²) in [6, 6.07) is 17.7. The van der Waals surface area contributed by atoms with Crippen LogP contribution in [0.15, 0.2) is 54.6 Å². The molecule has 0 radical (unpaired) electrons. The van der Waals surface area contributed by atoms with Crippen LogP contribution in [0.4, 0.5) is 16.2 Å². The molecule has 0 spiro atoms. The van der Waals surface area contributed by atoms with E-state index in [2.05, 4.69) is 50.0 Å². The Bertz CT molecular complexity index is 877. The minimum absolute atomic E-state index is 0.111. The van der Waals surface area contributed by atoms with Gasteiger partial charge in [0.1, 0.15) is 0 Å². The van der Waals surface area contributed by atoms with Gasteiger partial charge in [-0.2, -0.15) is 0 Å². The van der Waals surface area contributed by atoms with E-state index in [0.29, 0.717) is 23.8 Å². The number of hydrogen-bond donors (Lipinski definition) is 3. The number of benzene rings is 2. The molecule has 3 amide bonds. The first-order valence-electron chi connectivity index (χ1n) is 11.2. The first-order chi connectivity index (χ1) is 15.2. The van der Waals surface area contributed by atoms with Gasteiger partial charge in [0.25, 0.3) is 5.91 Å². The Labute approximate surface area is 183 Å². The molecule has 0 aromatic heterocycles. The van der Waals surface area contributed by atoms with Gasteiger partial charge >= 0.3 is 6.03 Å². The third-order valence-corrected chi connectivity index (χ3v) is 5.73. The Kier molecular flexibility index (Phi) is 7.04. The van der Waals surface area contributed by atoms with Gasteiger partial charge < -0.3 is 20.9 Å². The molecule has 7 heteroatoms. The van der Waals surface area contributed by atoms with Crippen LogP contribution in [0.25, 0.3) is 0 Å². The molecule has 2 fully saturated rings. The van der Waals surface area contributed by atoms with Gasteiger partial charge in [-0.25, -0.2) is 4.79 Å². The Hall–Kier alpha value is -3.06. The normalized spacial score (nSPS) is 16.6. The van der Waals surface area contributed by atoms with Crippen molar-refractivity contribution in [3.05, 3.63) is 60.2 Å². The number of carbonyl (C=O) groups is 2. The van der Waals surface area contributed by atoms with Crippen LogP contribution in [-0.4, -0.2) is 62.1 Å². The topological polar surface area (TPSA) is 76.7 Å². The van der Waals surface area contributed by atoms with Crippen molar-refractivity contribution in [1.82, 2.24) is 15.5 Å². The van der Waals surface area contributed by atoms with Crippen LogP contribution in [-0.2, 0) is 0 Å². The predicted octanol–water partition coefficient (Wildman–Crippen LogP) is 2.91. The lowest BCUT2D eigenvalue weighted by molar-refractivity contribution is 0.0951. The minimum atomic E-state index is -0.215. The van der Waals surface area contributed by atoms with E-state index in [4.69, 9.17) is 0 Å². The minimum Gasteiger partial charge on any atom is -0.369 e. The summed E-state index contributed by atoms with van der Waals surface area (Å²) in [5.41, 5.74) is 2.47. The van der Waals surface area contributed by atoms with Crippen LogP contribution in [0.5, 0.6) is 0 Å². The first-order valence-corrected chi connectivity index (χ1v) is 11.2. The van der Waals surface area contributed by atoms with Crippen LogP contribution >= 0.6 is 0 Å². The zero-order valence-electron chi connectivity index (χ0n) is 17.8. The van der Waals surface area contributed by atoms with Gasteiger partial charge in [-0.3, -0.25) is 9.69 Å². The number of nitrogens with one attached hydrogen (secondary N) is 3. The Balaban J connectivity index is 1.14. The maximum Gasteiger partial charge on any atom is 0.319 e. The third-order valence-electron chi connectivity index (χ3n) is 5.73. The summed E-state index contributed by atoms with van der Waals surface area (Å²) in [5, 5.41) is 8.66. The summed E-state index contributed by atoms with van der Waals surface area (Å²) in [6.45, 7) is 5.76. The van der Waals surface area contributed by atoms with E-state index in [9.17, 15) is 9.59 Å². The second-order valence-corrected chi connectivity index (χ2v) is 8.23. The van der Waals surface area contributed by atoms with Crippen LogP contribution in [0.3, 0.4) is 0 Å². The Morgan fingerprint density at radius 1 is 0.935 bits per heavy atom. The molecule has 0 bridgehead atoms. The molecule has 0 unspecified atom stereocenters. The number of nitrogens with zero attached hydrogens (tertiary/aromatic N) is 2. The lowest BCUT2D eigenvalue weighted by Gasteiger charge is -2.36. The molecule has 2 aliphatic rings. The largest absolute Gasteiger partial charge is 0.369 e. The average molecular weight is 422 g/mol. The third kappa shape index (κ3) is 6.46. The highest BCUT2D eigenvalue weighted by Gasteiger charge is 2.23. The number of piperazine rings is 1. The van der Waals surface area contributed by atoms with Crippen molar-refractivity contribution in [1.29, 1.82) is 0 Å². The summed E-state index contributed by atoms with van der Waals surface area (Å²) in [7, 11) is 0. The van der Waals surface area contributed by atoms with E-state index in [0.717, 1.165) is 52.0 Å². The SMILES string of the molecule is O=C(Nc1cccc(C(=O)NCCCN2CCN(c3ccccc3)CC2)c1)NC1CC1. The van der Waals surface area contributed by atoms with Gasteiger partial charge in [0.15, 0.2) is 0 Å². The molecule has 1 saturated heterocycles. The summed E-state index contributed by atoms with van der Waals surface area (Å²) < 4.78 is 0. The van der Waals surface area contributed by atoms with E-state index < -0.39 is 0 Å². The van der Waals surface area contributed by atoms with Crippen LogP contribution in [0.2, 0.25) is 0 Å². The van der Waals surface area contributed by atoms with Crippen molar-refractivity contribution < 1.29 is 9.59 Å². The number of para-hydroxylation sites is 1. The molecule has 2 aromatic rings. The van der Waals surface area contributed by atoms with Gasteiger partial charge in [-0.05, 0) is 56.1 Å². The molecule has 31 heavy (non-hydrogen) atoms. The molecule has 4 rings (SSSR count). The molecule has 3 N–H and O–H groups in total. The van der Waals surface area contributed by atoms with Gasteiger partial charge in [-0.15, -0.1) is 0 Å². The zero-order valence-corrected chi connectivity index (χ0v) is 17.8. The number of anilines is 2. The van der Waals surface area contributed by atoms with Crippen molar-refractivity contribution >= 4 is 23.3 Å². The fraction of sp³-hybridized carbons (Fsp3) is 0.417. The van der Waals surface area contributed by atoms with Gasteiger partial charge in [0.05, 0.1) is 0 Å². The van der Waals surface area contributed by atoms with Crippen LogP contribution in [0, 0.1) is 0 Å². The van der Waals surface area contributed by atoms with Gasteiger partial charge in [-0.1, -0.05) is 24.3 Å². The summed E-state index contributed by atoms with van der Waals surface area (Å²) in [5.74, 6) is -0.111. The summed E-state index contributed by atoms with van der Waals surface area (Å²) in [4.78, 5) is 29.2. The van der Waals surface area contributed by atoms with E-state index in [1.54, 1.807) is 24.3 Å². The van der Waals surface area contributed by atoms with E-state index >= 15 is 0 Å². The van der Waals surface area contributed by atoms with Crippen molar-refractivity contribution in [3.63, 3.8) is 0 Å². The zero-order chi connectivity index (χ0) is 21.5. The molecule has 0 atom stereocenters. The highest BCUT2D eigenvalue weighted by molar-refractivity contribution is 5.96. The van der Waals surface area contributed by atoms with E-state index in [-0.39, 0.29) is 11.9 Å². The predicted molar refractivity (Wildman–Crippen MR) is 124 cm³/mol.